The first-order chi connectivity index (χ1) is 24.9. The number of rotatable bonds is 11. The van der Waals surface area contributed by atoms with Gasteiger partial charge in [-0.1, -0.05) is 57.0 Å². The highest BCUT2D eigenvalue weighted by Crippen LogP contribution is 2.69. The van der Waals surface area contributed by atoms with E-state index in [0.717, 1.165) is 30.4 Å². The minimum absolute atomic E-state index is 0.00613. The number of nitrogens with zero attached hydrogens (tertiary/aromatic N) is 2. The summed E-state index contributed by atoms with van der Waals surface area (Å²) in [6.07, 6.45) is 7.71. The highest BCUT2D eigenvalue weighted by atomic mass is 16.7. The van der Waals surface area contributed by atoms with Gasteiger partial charge in [-0.3, -0.25) is 14.4 Å². The van der Waals surface area contributed by atoms with Crippen molar-refractivity contribution in [3.8, 4) is 0 Å². The molecule has 274 valence electrons. The predicted octanol–water partition coefficient (Wildman–Crippen LogP) is 7.01. The fraction of sp³-hybridized carbons (Fsp3) is 0.512. The number of benzene rings is 2. The van der Waals surface area contributed by atoms with Gasteiger partial charge in [0.05, 0.1) is 29.1 Å². The van der Waals surface area contributed by atoms with Crippen LogP contribution in [-0.4, -0.2) is 64.4 Å². The molecule has 3 saturated carbocycles. The van der Waals surface area contributed by atoms with Crippen molar-refractivity contribution in [3.05, 3.63) is 83.5 Å². The van der Waals surface area contributed by atoms with E-state index in [1.165, 1.54) is 12.1 Å². The number of esters is 1. The Morgan fingerprint density at radius 2 is 1.83 bits per heavy atom. The van der Waals surface area contributed by atoms with Gasteiger partial charge in [-0.15, -0.1) is 0 Å². The Morgan fingerprint density at radius 3 is 2.58 bits per heavy atom. The summed E-state index contributed by atoms with van der Waals surface area (Å²) in [5.74, 6) is -1.91. The number of hydrogen-bond acceptors (Lipinski definition) is 10. The molecule has 5 aliphatic rings. The molecular weight excluding hydrogens is 664 g/mol. The first-order valence-corrected chi connectivity index (χ1v) is 18.4. The molecule has 9 atom stereocenters. The van der Waals surface area contributed by atoms with Gasteiger partial charge < -0.3 is 24.4 Å². The molecule has 52 heavy (non-hydrogen) atoms. The number of aliphatic hydroxyl groups excluding tert-OH is 1. The van der Waals surface area contributed by atoms with E-state index in [1.807, 2.05) is 31.2 Å². The van der Waals surface area contributed by atoms with Gasteiger partial charge in [0.2, 0.25) is 5.78 Å². The number of carbonyl (C=O) groups is 4. The zero-order valence-corrected chi connectivity index (χ0v) is 29.8. The maximum atomic E-state index is 14.5. The average molecular weight is 711 g/mol. The summed E-state index contributed by atoms with van der Waals surface area (Å²) in [7, 11) is 0. The largest absolute Gasteiger partial charge is 0.478 e. The van der Waals surface area contributed by atoms with Crippen molar-refractivity contribution in [2.75, 3.05) is 6.61 Å². The maximum absolute atomic E-state index is 14.5. The van der Waals surface area contributed by atoms with Crippen molar-refractivity contribution >= 4 is 34.9 Å². The molecule has 4 aliphatic carbocycles. The van der Waals surface area contributed by atoms with Crippen LogP contribution in [-0.2, 0) is 35.0 Å². The lowest BCUT2D eigenvalue weighted by Gasteiger charge is -2.59. The van der Waals surface area contributed by atoms with E-state index in [4.69, 9.17) is 19.3 Å². The van der Waals surface area contributed by atoms with Crippen molar-refractivity contribution in [2.24, 2.45) is 38.8 Å². The number of allylic oxidation sites excluding steroid dienone is 4. The summed E-state index contributed by atoms with van der Waals surface area (Å²) in [5, 5.41) is 29.6. The second kappa shape index (κ2) is 13.9. The highest BCUT2D eigenvalue weighted by molar-refractivity contribution is 6.01. The number of carboxylic acids is 1. The first-order valence-electron chi connectivity index (χ1n) is 18.4. The summed E-state index contributed by atoms with van der Waals surface area (Å²) < 4.78 is 18.8. The molecule has 4 fully saturated rings. The van der Waals surface area contributed by atoms with Crippen molar-refractivity contribution in [1.29, 1.82) is 0 Å². The molecule has 2 aromatic rings. The van der Waals surface area contributed by atoms with Crippen molar-refractivity contribution in [1.82, 2.24) is 0 Å². The molecule has 0 radical (unpaired) electrons. The van der Waals surface area contributed by atoms with Crippen LogP contribution in [0.2, 0.25) is 0 Å². The number of aliphatic hydroxyl groups is 1. The number of carbonyl (C=O) groups excluding carboxylic acids is 3. The Labute approximate surface area is 303 Å². The molecule has 11 nitrogen and oxygen atoms in total. The second-order valence-electron chi connectivity index (χ2n) is 15.4. The van der Waals surface area contributed by atoms with Gasteiger partial charge in [-0.05, 0) is 98.4 Å². The predicted molar refractivity (Wildman–Crippen MR) is 189 cm³/mol. The highest BCUT2D eigenvalue weighted by Gasteiger charge is 2.75. The van der Waals surface area contributed by atoms with Crippen LogP contribution in [0.15, 0.2) is 82.6 Å². The van der Waals surface area contributed by atoms with Gasteiger partial charge in [0, 0.05) is 23.2 Å². The van der Waals surface area contributed by atoms with Gasteiger partial charge in [-0.2, -0.15) is 10.2 Å². The molecule has 7 rings (SSSR count). The third-order valence-electron chi connectivity index (χ3n) is 12.6. The lowest BCUT2D eigenvalue weighted by Crippen LogP contribution is -2.63. The Morgan fingerprint density at radius 1 is 1.06 bits per heavy atom. The van der Waals surface area contributed by atoms with Crippen LogP contribution in [0.3, 0.4) is 0 Å². The molecule has 0 spiro atoms. The van der Waals surface area contributed by atoms with Crippen LogP contribution >= 0.6 is 0 Å². The Balaban J connectivity index is 1.05. The van der Waals surface area contributed by atoms with Gasteiger partial charge in [-0.25, -0.2) is 4.79 Å². The summed E-state index contributed by atoms with van der Waals surface area (Å²) in [4.78, 5) is 51.0. The Hall–Kier alpha value is -4.32. The normalized spacial score (nSPS) is 34.6. The fourth-order valence-corrected chi connectivity index (χ4v) is 10.2. The molecule has 0 bridgehead atoms. The van der Waals surface area contributed by atoms with E-state index in [0.29, 0.717) is 37.1 Å². The zero-order valence-electron chi connectivity index (χ0n) is 29.8. The molecule has 0 aromatic heterocycles. The summed E-state index contributed by atoms with van der Waals surface area (Å²) in [5.41, 5.74) is 0.455. The fourth-order valence-electron chi connectivity index (χ4n) is 10.2. The minimum Gasteiger partial charge on any atom is -0.478 e. The molecule has 1 aliphatic heterocycles. The van der Waals surface area contributed by atoms with E-state index in [9.17, 15) is 24.3 Å². The average Bonchev–Trinajstić information content (AvgIpc) is 3.61. The number of aromatic carboxylic acids is 1. The quantitative estimate of drug-likeness (QED) is 0.185. The van der Waals surface area contributed by atoms with Crippen LogP contribution in [0.4, 0.5) is 11.4 Å². The van der Waals surface area contributed by atoms with Crippen LogP contribution in [0.1, 0.15) is 81.6 Å². The van der Waals surface area contributed by atoms with E-state index >= 15 is 0 Å². The number of ether oxygens (including phenoxy) is 3. The Bertz CT molecular complexity index is 1850. The van der Waals surface area contributed by atoms with E-state index in [2.05, 4.69) is 24.1 Å². The molecule has 11 heteroatoms. The molecule has 1 heterocycles. The molecule has 2 N–H and O–H groups in total. The zero-order chi connectivity index (χ0) is 36.8. The molecule has 9 unspecified atom stereocenters. The maximum Gasteiger partial charge on any atom is 0.335 e. The lowest BCUT2D eigenvalue weighted by molar-refractivity contribution is -0.201. The standard InChI is InChI=1S/C41H46N2O9/c1-4-7-36-51-34-21-30-29-16-13-26-20-28(44)18-19-39(26,2)37(29)32(45)22-40(30,3)41(34,52-36)33(46)23-50-35(47)17-12-24-8-5-6-9-31(24)43-42-27-14-10-25(11-15-27)38(48)49/h5-6,8-11,14-15,18-20,29-30,32,34,36-37,45H,4,7,12-13,16-17,21-23H2,1-3H3,(H,48,49)/b43-42+. The smallest absolute Gasteiger partial charge is 0.335 e. The number of carboxylic acid groups (broad SMARTS) is 1. The van der Waals surface area contributed by atoms with Crippen molar-refractivity contribution in [3.63, 3.8) is 0 Å². The summed E-state index contributed by atoms with van der Waals surface area (Å²) in [6, 6.07) is 13.3. The number of aryl methyl sites for hydroxylation is 1. The van der Waals surface area contributed by atoms with Crippen molar-refractivity contribution < 1.29 is 43.6 Å². The van der Waals surface area contributed by atoms with Gasteiger partial charge >= 0.3 is 11.9 Å². The van der Waals surface area contributed by atoms with E-state index in [-0.39, 0.29) is 41.3 Å². The monoisotopic (exact) mass is 710 g/mol. The lowest BCUT2D eigenvalue weighted by atomic mass is 9.46. The third-order valence-corrected chi connectivity index (χ3v) is 12.6. The van der Waals surface area contributed by atoms with Gasteiger partial charge in [0.25, 0.3) is 0 Å². The number of fused-ring (bicyclic) bond motifs is 7. The number of hydrogen-bond donors (Lipinski definition) is 2. The Kier molecular flexibility index (Phi) is 9.65. The van der Waals surface area contributed by atoms with Gasteiger partial charge in [0.15, 0.2) is 24.3 Å². The van der Waals surface area contributed by atoms with Gasteiger partial charge in [0.1, 0.15) is 0 Å². The topological polar surface area (TPSA) is 161 Å². The molecular formula is C41H46N2O9. The number of ketones is 2. The molecule has 2 aromatic carbocycles. The van der Waals surface area contributed by atoms with Crippen LogP contribution < -0.4 is 0 Å². The van der Waals surface area contributed by atoms with Crippen LogP contribution in [0.5, 0.6) is 0 Å². The summed E-state index contributed by atoms with van der Waals surface area (Å²) >= 11 is 0. The molecule has 1 saturated heterocycles. The van der Waals surface area contributed by atoms with Crippen LogP contribution in [0.25, 0.3) is 0 Å². The van der Waals surface area contributed by atoms with E-state index in [1.54, 1.807) is 30.4 Å². The summed E-state index contributed by atoms with van der Waals surface area (Å²) in [6.45, 7) is 5.74. The van der Waals surface area contributed by atoms with E-state index < -0.39 is 53.5 Å². The third kappa shape index (κ3) is 6.06. The second-order valence-corrected chi connectivity index (χ2v) is 15.4. The van der Waals surface area contributed by atoms with Crippen LogP contribution in [0, 0.1) is 28.6 Å². The number of Topliss-reactive ketones (excluding diaryl/α,β-unsaturated/α-hetero) is 1. The molecule has 0 amide bonds. The SMILES string of the molecule is CCCC1OC2CC3C4CCC5=CC(=O)C=CC5(C)C4C(O)CC3(C)C2(C(=O)COC(=O)CCc2ccccc2/N=N/c2ccc(C(=O)O)cc2)O1. The van der Waals surface area contributed by atoms with Crippen molar-refractivity contribution in [2.45, 2.75) is 96.2 Å². The minimum atomic E-state index is -1.37. The number of azo groups is 1. The first kappa shape index (κ1) is 36.1.